The lowest BCUT2D eigenvalue weighted by Gasteiger charge is -2.14. The summed E-state index contributed by atoms with van der Waals surface area (Å²) < 4.78 is 30.1. The number of benzene rings is 2. The van der Waals surface area contributed by atoms with Crippen LogP contribution in [0.5, 0.6) is 0 Å². The van der Waals surface area contributed by atoms with Crippen molar-refractivity contribution in [2.24, 2.45) is 7.05 Å². The van der Waals surface area contributed by atoms with Gasteiger partial charge in [-0.1, -0.05) is 41.7 Å². The molecule has 0 saturated heterocycles. The molecule has 1 aromatic heterocycles. The first kappa shape index (κ1) is 17.8. The van der Waals surface area contributed by atoms with Crippen molar-refractivity contribution in [3.63, 3.8) is 0 Å². The molecule has 5 nitrogen and oxygen atoms in total. The third kappa shape index (κ3) is 4.00. The molecule has 0 radical (unpaired) electrons. The summed E-state index contributed by atoms with van der Waals surface area (Å²) in [5.41, 5.74) is 1.93. The Morgan fingerprint density at radius 1 is 1.16 bits per heavy atom. The van der Waals surface area contributed by atoms with E-state index in [9.17, 15) is 13.2 Å². The Kier molecular flexibility index (Phi) is 5.08. The number of nitrogens with one attached hydrogen (secondary N) is 1. The Morgan fingerprint density at radius 3 is 2.60 bits per heavy atom. The number of hydrogen-bond acceptors (Lipinski definition) is 4. The lowest BCUT2D eigenvalue weighted by Crippen LogP contribution is -2.32. The molecule has 0 saturated carbocycles. The maximum atomic E-state index is 12.6. The minimum absolute atomic E-state index is 0.103. The van der Waals surface area contributed by atoms with Crippen LogP contribution in [0.15, 0.2) is 58.2 Å². The first-order valence-corrected chi connectivity index (χ1v) is 10.3. The highest BCUT2D eigenvalue weighted by molar-refractivity contribution is 7.89. The van der Waals surface area contributed by atoms with E-state index in [0.717, 1.165) is 23.3 Å². The van der Waals surface area contributed by atoms with Crippen LogP contribution in [0.1, 0.15) is 18.9 Å². The zero-order valence-electron chi connectivity index (χ0n) is 14.1. The molecule has 0 fully saturated rings. The highest BCUT2D eigenvalue weighted by atomic mass is 32.2. The van der Waals surface area contributed by atoms with Gasteiger partial charge in [0.25, 0.3) is 0 Å². The topological polar surface area (TPSA) is 68.2 Å². The van der Waals surface area contributed by atoms with Crippen molar-refractivity contribution in [3.8, 4) is 0 Å². The average Bonchev–Trinajstić information content (AvgIpc) is 2.87. The Balaban J connectivity index is 1.73. The zero-order chi connectivity index (χ0) is 18.0. The van der Waals surface area contributed by atoms with Gasteiger partial charge in [0.15, 0.2) is 0 Å². The van der Waals surface area contributed by atoms with Crippen molar-refractivity contribution in [1.29, 1.82) is 0 Å². The fraction of sp³-hybridized carbons (Fsp3) is 0.278. The monoisotopic (exact) mass is 376 g/mol. The van der Waals surface area contributed by atoms with E-state index in [0.29, 0.717) is 11.1 Å². The number of sulfonamides is 1. The lowest BCUT2D eigenvalue weighted by atomic mass is 10.1. The van der Waals surface area contributed by atoms with E-state index in [1.54, 1.807) is 25.2 Å². The predicted octanol–water partition coefficient (Wildman–Crippen LogP) is 2.90. The van der Waals surface area contributed by atoms with Crippen LogP contribution in [-0.2, 0) is 23.5 Å². The number of thiazole rings is 1. The molecule has 2 aromatic carbocycles. The van der Waals surface area contributed by atoms with Gasteiger partial charge >= 0.3 is 4.87 Å². The summed E-state index contributed by atoms with van der Waals surface area (Å²) >= 11 is 1.05. The van der Waals surface area contributed by atoms with E-state index < -0.39 is 10.0 Å². The van der Waals surface area contributed by atoms with E-state index in [4.69, 9.17) is 0 Å². The molecule has 0 aliphatic rings. The van der Waals surface area contributed by atoms with E-state index >= 15 is 0 Å². The molecule has 25 heavy (non-hydrogen) atoms. The van der Waals surface area contributed by atoms with E-state index in [1.807, 2.05) is 37.3 Å². The average molecular weight is 377 g/mol. The van der Waals surface area contributed by atoms with Crippen molar-refractivity contribution in [3.05, 3.63) is 63.8 Å². The van der Waals surface area contributed by atoms with Gasteiger partial charge in [0.1, 0.15) is 0 Å². The third-order valence-electron chi connectivity index (χ3n) is 4.14. The van der Waals surface area contributed by atoms with Crippen LogP contribution in [0.2, 0.25) is 0 Å². The van der Waals surface area contributed by atoms with Gasteiger partial charge in [-0.15, -0.1) is 0 Å². The van der Waals surface area contributed by atoms with E-state index in [1.165, 1.54) is 10.1 Å². The van der Waals surface area contributed by atoms with Crippen LogP contribution >= 0.6 is 11.3 Å². The molecule has 1 atom stereocenters. The largest absolute Gasteiger partial charge is 0.307 e. The molecule has 0 spiro atoms. The molecule has 7 heteroatoms. The predicted molar refractivity (Wildman–Crippen MR) is 102 cm³/mol. The number of nitrogens with zero attached hydrogens (tertiary/aromatic N) is 1. The standard InChI is InChI=1S/C18H20N2O3S2/c1-13(8-9-14-6-4-3-5-7-14)19-25(22,23)15-10-11-16-17(12-15)24-18(21)20(16)2/h3-7,10-13,19H,8-9H2,1-2H3/t13-/m1/s1. The van der Waals surface area contributed by atoms with Crippen molar-refractivity contribution in [2.45, 2.75) is 30.7 Å². The smallest absolute Gasteiger partial charge is 0.302 e. The van der Waals surface area contributed by atoms with E-state index in [-0.39, 0.29) is 15.8 Å². The van der Waals surface area contributed by atoms with Gasteiger partial charge in [-0.05, 0) is 43.5 Å². The maximum absolute atomic E-state index is 12.6. The van der Waals surface area contributed by atoms with Crippen molar-refractivity contribution in [1.82, 2.24) is 9.29 Å². The van der Waals surface area contributed by atoms with Crippen LogP contribution in [0.25, 0.3) is 10.2 Å². The molecule has 0 aliphatic carbocycles. The highest BCUT2D eigenvalue weighted by Crippen LogP contribution is 2.21. The number of hydrogen-bond donors (Lipinski definition) is 1. The number of fused-ring (bicyclic) bond motifs is 1. The minimum atomic E-state index is -3.61. The SMILES string of the molecule is C[C@H](CCc1ccccc1)NS(=O)(=O)c1ccc2c(c1)sc(=O)n2C. The fourth-order valence-corrected chi connectivity index (χ4v) is 5.00. The molecule has 3 aromatic rings. The summed E-state index contributed by atoms with van der Waals surface area (Å²) in [6.45, 7) is 1.86. The number of aromatic nitrogens is 1. The molecule has 1 heterocycles. The Morgan fingerprint density at radius 2 is 1.88 bits per heavy atom. The molecular weight excluding hydrogens is 356 g/mol. The van der Waals surface area contributed by atoms with Gasteiger partial charge < -0.3 is 4.57 Å². The summed E-state index contributed by atoms with van der Waals surface area (Å²) in [6.07, 6.45) is 1.52. The Hall–Kier alpha value is -1.96. The molecule has 132 valence electrons. The van der Waals surface area contributed by atoms with Crippen molar-refractivity contribution in [2.75, 3.05) is 0 Å². The van der Waals surface area contributed by atoms with Crippen molar-refractivity contribution < 1.29 is 8.42 Å². The fourth-order valence-electron chi connectivity index (χ4n) is 2.70. The highest BCUT2D eigenvalue weighted by Gasteiger charge is 2.18. The maximum Gasteiger partial charge on any atom is 0.307 e. The quantitative estimate of drug-likeness (QED) is 0.719. The van der Waals surface area contributed by atoms with Gasteiger partial charge in [0, 0.05) is 13.1 Å². The van der Waals surface area contributed by atoms with Crippen LogP contribution in [0, 0.1) is 0 Å². The summed E-state index contributed by atoms with van der Waals surface area (Å²) in [4.78, 5) is 11.8. The molecule has 3 rings (SSSR count). The van der Waals surface area contributed by atoms with Crippen LogP contribution in [-0.4, -0.2) is 19.0 Å². The molecule has 0 amide bonds. The minimum Gasteiger partial charge on any atom is -0.302 e. The second-order valence-corrected chi connectivity index (χ2v) is 8.81. The second-order valence-electron chi connectivity index (χ2n) is 6.10. The molecule has 0 unspecified atom stereocenters. The Labute approximate surface area is 151 Å². The number of rotatable bonds is 6. The third-order valence-corrected chi connectivity index (χ3v) is 6.72. The van der Waals surface area contributed by atoms with Crippen LogP contribution in [0.3, 0.4) is 0 Å². The summed E-state index contributed by atoms with van der Waals surface area (Å²) in [7, 11) is -1.93. The van der Waals surface area contributed by atoms with Crippen molar-refractivity contribution >= 4 is 31.6 Å². The normalized spacial score (nSPS) is 13.2. The van der Waals surface area contributed by atoms with E-state index in [2.05, 4.69) is 4.72 Å². The molecule has 0 bridgehead atoms. The van der Waals surface area contributed by atoms with Crippen LogP contribution < -0.4 is 9.60 Å². The Bertz CT molecular complexity index is 1040. The van der Waals surface area contributed by atoms with Gasteiger partial charge in [-0.25, -0.2) is 13.1 Å². The van der Waals surface area contributed by atoms with Crippen LogP contribution in [0.4, 0.5) is 0 Å². The second kappa shape index (κ2) is 7.11. The number of aryl methyl sites for hydroxylation is 2. The van der Waals surface area contributed by atoms with Gasteiger partial charge in [-0.3, -0.25) is 4.79 Å². The first-order chi connectivity index (χ1) is 11.9. The molecular formula is C18H20N2O3S2. The zero-order valence-corrected chi connectivity index (χ0v) is 15.7. The molecule has 0 aliphatic heterocycles. The summed E-state index contributed by atoms with van der Waals surface area (Å²) in [5.74, 6) is 0. The summed E-state index contributed by atoms with van der Waals surface area (Å²) in [6, 6.07) is 14.6. The van der Waals surface area contributed by atoms with Gasteiger partial charge in [0.2, 0.25) is 10.0 Å². The van der Waals surface area contributed by atoms with Gasteiger partial charge in [-0.2, -0.15) is 0 Å². The van der Waals surface area contributed by atoms with Gasteiger partial charge in [0.05, 0.1) is 15.1 Å². The first-order valence-electron chi connectivity index (χ1n) is 8.02. The summed E-state index contributed by atoms with van der Waals surface area (Å²) in [5, 5.41) is 0. The molecule has 1 N–H and O–H groups in total. The lowest BCUT2D eigenvalue weighted by molar-refractivity contribution is 0.547.